The van der Waals surface area contributed by atoms with E-state index in [1.165, 1.54) is 4.90 Å². The van der Waals surface area contributed by atoms with E-state index in [0.29, 0.717) is 37.4 Å². The van der Waals surface area contributed by atoms with Crippen molar-refractivity contribution in [2.24, 2.45) is 17.8 Å². The number of fused-ring (bicyclic) bond motifs is 1. The fourth-order valence-corrected chi connectivity index (χ4v) is 4.98. The number of imide groups is 1. The maximum atomic E-state index is 13.3. The fraction of sp³-hybridized carbons (Fsp3) is 0.607. The van der Waals surface area contributed by atoms with Crippen molar-refractivity contribution in [3.8, 4) is 11.5 Å². The Balaban J connectivity index is 1.65. The van der Waals surface area contributed by atoms with Crippen molar-refractivity contribution < 1.29 is 23.9 Å². The Kier molecular flexibility index (Phi) is 9.93. The van der Waals surface area contributed by atoms with E-state index >= 15 is 0 Å². The van der Waals surface area contributed by atoms with Crippen molar-refractivity contribution in [1.29, 1.82) is 0 Å². The summed E-state index contributed by atoms with van der Waals surface area (Å²) in [4.78, 5) is 43.0. The lowest BCUT2D eigenvalue weighted by Gasteiger charge is -2.27. The van der Waals surface area contributed by atoms with Crippen LogP contribution in [0.3, 0.4) is 0 Å². The zero-order valence-corrected chi connectivity index (χ0v) is 22.3. The molecular formula is C28H41N3O5. The van der Waals surface area contributed by atoms with Gasteiger partial charge in [0.25, 0.3) is 0 Å². The SMILES string of the molecule is CCN(CC)CCOc1ccc(CNC(=O)C(CC(C)C)N2C(=O)C3CC=CCC3C2=O)cc1OC. The van der Waals surface area contributed by atoms with E-state index in [9.17, 15) is 14.4 Å². The topological polar surface area (TPSA) is 88.2 Å². The molecule has 0 aromatic heterocycles. The van der Waals surface area contributed by atoms with Crippen molar-refractivity contribution >= 4 is 17.7 Å². The van der Waals surface area contributed by atoms with Crippen molar-refractivity contribution in [1.82, 2.24) is 15.1 Å². The molecule has 8 nitrogen and oxygen atoms in total. The van der Waals surface area contributed by atoms with Crippen LogP contribution in [0.15, 0.2) is 30.4 Å². The van der Waals surface area contributed by atoms with Gasteiger partial charge < -0.3 is 19.7 Å². The first-order valence-electron chi connectivity index (χ1n) is 13.1. The zero-order valence-electron chi connectivity index (χ0n) is 22.3. The number of carbonyl (C=O) groups is 3. The highest BCUT2D eigenvalue weighted by Gasteiger charge is 2.51. The molecule has 1 aromatic carbocycles. The molecule has 1 N–H and O–H groups in total. The quantitative estimate of drug-likeness (QED) is 0.331. The largest absolute Gasteiger partial charge is 0.493 e. The van der Waals surface area contributed by atoms with Crippen molar-refractivity contribution in [2.45, 2.75) is 59.5 Å². The molecule has 8 heteroatoms. The smallest absolute Gasteiger partial charge is 0.243 e. The number of hydrogen-bond acceptors (Lipinski definition) is 6. The van der Waals surface area contributed by atoms with Gasteiger partial charge in [-0.2, -0.15) is 0 Å². The fourth-order valence-electron chi connectivity index (χ4n) is 4.98. The van der Waals surface area contributed by atoms with Gasteiger partial charge >= 0.3 is 0 Å². The maximum Gasteiger partial charge on any atom is 0.243 e. The zero-order chi connectivity index (χ0) is 26.2. The molecule has 1 fully saturated rings. The molecule has 0 bridgehead atoms. The molecule has 1 aliphatic heterocycles. The van der Waals surface area contributed by atoms with Crippen molar-refractivity contribution in [3.63, 3.8) is 0 Å². The lowest BCUT2D eigenvalue weighted by atomic mass is 9.85. The molecule has 3 rings (SSSR count). The van der Waals surface area contributed by atoms with Crippen LogP contribution in [0.25, 0.3) is 0 Å². The highest BCUT2D eigenvalue weighted by Crippen LogP contribution is 2.37. The summed E-state index contributed by atoms with van der Waals surface area (Å²) >= 11 is 0. The predicted octanol–water partition coefficient (Wildman–Crippen LogP) is 3.40. The van der Waals surface area contributed by atoms with E-state index in [4.69, 9.17) is 9.47 Å². The third-order valence-corrected chi connectivity index (χ3v) is 7.10. The second-order valence-corrected chi connectivity index (χ2v) is 9.93. The number of hydrogen-bond donors (Lipinski definition) is 1. The Labute approximate surface area is 215 Å². The molecular weight excluding hydrogens is 458 g/mol. The first-order valence-corrected chi connectivity index (χ1v) is 13.1. The monoisotopic (exact) mass is 499 g/mol. The van der Waals surface area contributed by atoms with Crippen LogP contribution < -0.4 is 14.8 Å². The Morgan fingerprint density at radius 1 is 1.08 bits per heavy atom. The van der Waals surface area contributed by atoms with Crippen LogP contribution in [-0.2, 0) is 20.9 Å². The minimum atomic E-state index is -0.805. The van der Waals surface area contributed by atoms with Crippen LogP contribution in [0.5, 0.6) is 11.5 Å². The van der Waals surface area contributed by atoms with E-state index in [-0.39, 0.29) is 42.0 Å². The third-order valence-electron chi connectivity index (χ3n) is 7.10. The summed E-state index contributed by atoms with van der Waals surface area (Å²) in [7, 11) is 1.59. The van der Waals surface area contributed by atoms with E-state index in [0.717, 1.165) is 25.2 Å². The number of allylic oxidation sites excluding steroid dienone is 2. The number of carbonyl (C=O) groups excluding carboxylic acids is 3. The summed E-state index contributed by atoms with van der Waals surface area (Å²) in [6, 6.07) is 4.77. The van der Waals surface area contributed by atoms with E-state index in [2.05, 4.69) is 24.1 Å². The lowest BCUT2D eigenvalue weighted by molar-refractivity contribution is -0.148. The molecule has 0 radical (unpaired) electrons. The highest BCUT2D eigenvalue weighted by molar-refractivity contribution is 6.08. The minimum absolute atomic E-state index is 0.148. The molecule has 3 amide bonds. The molecule has 0 saturated carbocycles. The third kappa shape index (κ3) is 6.46. The Bertz CT molecular complexity index is 931. The predicted molar refractivity (Wildman–Crippen MR) is 139 cm³/mol. The number of nitrogens with one attached hydrogen (secondary N) is 1. The number of amides is 3. The number of benzene rings is 1. The molecule has 1 aromatic rings. The molecule has 1 heterocycles. The molecule has 1 aliphatic carbocycles. The Morgan fingerprint density at radius 3 is 2.28 bits per heavy atom. The van der Waals surface area contributed by atoms with Crippen LogP contribution in [-0.4, -0.2) is 66.9 Å². The van der Waals surface area contributed by atoms with Gasteiger partial charge in [0.2, 0.25) is 17.7 Å². The second-order valence-electron chi connectivity index (χ2n) is 9.93. The van der Waals surface area contributed by atoms with Crippen LogP contribution >= 0.6 is 0 Å². The highest BCUT2D eigenvalue weighted by atomic mass is 16.5. The average molecular weight is 500 g/mol. The van der Waals surface area contributed by atoms with Crippen molar-refractivity contribution in [3.05, 3.63) is 35.9 Å². The summed E-state index contributed by atoms with van der Waals surface area (Å²) < 4.78 is 11.4. The first-order chi connectivity index (χ1) is 17.3. The second kappa shape index (κ2) is 12.9. The van der Waals surface area contributed by atoms with Gasteiger partial charge in [-0.15, -0.1) is 0 Å². The standard InChI is InChI=1S/C28H41N3O5/c1-6-30(7-2)14-15-36-24-13-12-20(17-25(24)35-5)18-29-26(32)23(16-19(3)4)31-27(33)21-10-8-9-11-22(21)28(31)34/h8-9,12-13,17,19,21-23H,6-7,10-11,14-16,18H2,1-5H3,(H,29,32). The van der Waals surface area contributed by atoms with Crippen LogP contribution in [0.2, 0.25) is 0 Å². The van der Waals surface area contributed by atoms with Crippen molar-refractivity contribution in [2.75, 3.05) is 33.4 Å². The molecule has 1 saturated heterocycles. The van der Waals surface area contributed by atoms with Gasteiger partial charge in [-0.05, 0) is 56.0 Å². The summed E-state index contributed by atoms with van der Waals surface area (Å²) in [6.45, 7) is 11.8. The minimum Gasteiger partial charge on any atom is -0.493 e. The molecule has 3 unspecified atom stereocenters. The number of methoxy groups -OCH3 is 1. The van der Waals surface area contributed by atoms with Gasteiger partial charge in [-0.25, -0.2) is 0 Å². The summed E-state index contributed by atoms with van der Waals surface area (Å²) in [5.41, 5.74) is 0.844. The van der Waals surface area contributed by atoms with Gasteiger partial charge in [-0.1, -0.05) is 45.9 Å². The average Bonchev–Trinajstić information content (AvgIpc) is 3.13. The Hall–Kier alpha value is -2.87. The van der Waals surface area contributed by atoms with Gasteiger partial charge in [0, 0.05) is 13.1 Å². The molecule has 198 valence electrons. The number of ether oxygens (including phenoxy) is 2. The molecule has 3 atom stereocenters. The number of nitrogens with zero attached hydrogens (tertiary/aromatic N) is 2. The lowest BCUT2D eigenvalue weighted by Crippen LogP contribution is -2.50. The summed E-state index contributed by atoms with van der Waals surface area (Å²) in [5, 5.41) is 2.94. The van der Waals surface area contributed by atoms with Gasteiger partial charge in [-0.3, -0.25) is 19.3 Å². The molecule has 2 aliphatic rings. The van der Waals surface area contributed by atoms with Crippen LogP contribution in [0, 0.1) is 17.8 Å². The van der Waals surface area contributed by atoms with E-state index in [1.807, 2.05) is 44.2 Å². The van der Waals surface area contributed by atoms with Gasteiger partial charge in [0.1, 0.15) is 12.6 Å². The maximum absolute atomic E-state index is 13.3. The number of likely N-dealkylation sites (N-methyl/N-ethyl adjacent to an activating group) is 1. The first kappa shape index (κ1) is 27.7. The van der Waals surface area contributed by atoms with Crippen LogP contribution in [0.4, 0.5) is 0 Å². The normalized spacial score (nSPS) is 20.1. The Morgan fingerprint density at radius 2 is 1.72 bits per heavy atom. The molecule has 36 heavy (non-hydrogen) atoms. The van der Waals surface area contributed by atoms with Gasteiger partial charge in [0.05, 0.1) is 18.9 Å². The number of rotatable bonds is 13. The number of likely N-dealkylation sites (tertiary alicyclic amines) is 1. The molecule has 0 spiro atoms. The van der Waals surface area contributed by atoms with Crippen LogP contribution in [0.1, 0.15) is 52.5 Å². The summed E-state index contributed by atoms with van der Waals surface area (Å²) in [5.74, 6) is -0.0352. The van der Waals surface area contributed by atoms with E-state index < -0.39 is 6.04 Å². The van der Waals surface area contributed by atoms with E-state index in [1.54, 1.807) is 7.11 Å². The van der Waals surface area contributed by atoms with Gasteiger partial charge in [0.15, 0.2) is 11.5 Å². The summed E-state index contributed by atoms with van der Waals surface area (Å²) in [6.07, 6.45) is 5.46.